The fourth-order valence-corrected chi connectivity index (χ4v) is 4.96. The predicted octanol–water partition coefficient (Wildman–Crippen LogP) is 3.63. The third-order valence-corrected chi connectivity index (χ3v) is 7.04. The Hall–Kier alpha value is -3.11. The molecular formula is C22H23F2N5O2S. The highest BCUT2D eigenvalue weighted by Crippen LogP contribution is 2.23. The molecule has 0 atom stereocenters. The average Bonchev–Trinajstić information content (AvgIpc) is 2.74. The zero-order valence-corrected chi connectivity index (χ0v) is 18.5. The molecule has 1 fully saturated rings. The van der Waals surface area contributed by atoms with Crippen LogP contribution < -0.4 is 10.2 Å². The molecule has 1 aliphatic heterocycles. The second kappa shape index (κ2) is 8.79. The molecule has 2 heterocycles. The Morgan fingerprint density at radius 2 is 1.50 bits per heavy atom. The topological polar surface area (TPSA) is 78.4 Å². The summed E-state index contributed by atoms with van der Waals surface area (Å²) in [7, 11) is -4.00. The summed E-state index contributed by atoms with van der Waals surface area (Å²) in [5, 5.41) is 3.26. The van der Waals surface area contributed by atoms with Crippen molar-refractivity contribution in [2.24, 2.45) is 0 Å². The van der Waals surface area contributed by atoms with Gasteiger partial charge in [-0.05, 0) is 38.1 Å². The number of hydrogen-bond acceptors (Lipinski definition) is 6. The number of nitrogens with zero attached hydrogens (tertiary/aromatic N) is 4. The summed E-state index contributed by atoms with van der Waals surface area (Å²) >= 11 is 0. The normalized spacial score (nSPS) is 15.1. The smallest absolute Gasteiger partial charge is 0.243 e. The monoisotopic (exact) mass is 459 g/mol. The van der Waals surface area contributed by atoms with Gasteiger partial charge in [0.1, 0.15) is 17.5 Å². The first-order valence-corrected chi connectivity index (χ1v) is 11.6. The van der Waals surface area contributed by atoms with Crippen LogP contribution in [0.25, 0.3) is 0 Å². The standard InChI is InChI=1S/C22H23F2N5O2S/c1-15-3-5-19(6-4-15)26-21-11-16(2)25-22(27-21)28-7-9-29(10-8-28)32(30,31)20-13-17(23)12-18(24)14-20/h3-6,11-14H,7-10H2,1-2H3,(H,25,26,27). The van der Waals surface area contributed by atoms with Crippen molar-refractivity contribution in [3.63, 3.8) is 0 Å². The first-order valence-electron chi connectivity index (χ1n) is 10.1. The lowest BCUT2D eigenvalue weighted by Crippen LogP contribution is -2.49. The van der Waals surface area contributed by atoms with E-state index in [9.17, 15) is 17.2 Å². The van der Waals surface area contributed by atoms with Crippen molar-refractivity contribution in [3.05, 3.63) is 71.4 Å². The SMILES string of the molecule is Cc1ccc(Nc2cc(C)nc(N3CCN(S(=O)(=O)c4cc(F)cc(F)c4)CC3)n2)cc1. The summed E-state index contributed by atoms with van der Waals surface area (Å²) < 4.78 is 53.8. The van der Waals surface area contributed by atoms with Gasteiger partial charge in [0.15, 0.2) is 0 Å². The van der Waals surface area contributed by atoms with Gasteiger partial charge in [0.2, 0.25) is 16.0 Å². The number of anilines is 3. The van der Waals surface area contributed by atoms with E-state index in [1.165, 1.54) is 4.31 Å². The lowest BCUT2D eigenvalue weighted by molar-refractivity contribution is 0.382. The maximum Gasteiger partial charge on any atom is 0.243 e. The maximum absolute atomic E-state index is 13.5. The fraction of sp³-hybridized carbons (Fsp3) is 0.273. The first-order chi connectivity index (χ1) is 15.2. The van der Waals surface area contributed by atoms with E-state index in [0.717, 1.165) is 29.1 Å². The zero-order chi connectivity index (χ0) is 22.9. The quantitative estimate of drug-likeness (QED) is 0.628. The molecule has 0 radical (unpaired) electrons. The second-order valence-corrected chi connectivity index (χ2v) is 9.62. The molecular weight excluding hydrogens is 436 g/mol. The van der Waals surface area contributed by atoms with Gasteiger partial charge in [-0.1, -0.05) is 17.7 Å². The third-order valence-electron chi connectivity index (χ3n) is 5.16. The predicted molar refractivity (Wildman–Crippen MR) is 119 cm³/mol. The Balaban J connectivity index is 1.48. The van der Waals surface area contributed by atoms with Crippen LogP contribution in [0.4, 0.5) is 26.2 Å². The number of benzene rings is 2. The zero-order valence-electron chi connectivity index (χ0n) is 17.7. The summed E-state index contributed by atoms with van der Waals surface area (Å²) in [5.74, 6) is -0.719. The number of sulfonamides is 1. The van der Waals surface area contributed by atoms with Crippen molar-refractivity contribution >= 4 is 27.5 Å². The maximum atomic E-state index is 13.5. The Kier molecular flexibility index (Phi) is 6.07. The highest BCUT2D eigenvalue weighted by atomic mass is 32.2. The van der Waals surface area contributed by atoms with E-state index in [2.05, 4.69) is 15.3 Å². The van der Waals surface area contributed by atoms with Crippen LogP contribution in [0.2, 0.25) is 0 Å². The highest BCUT2D eigenvalue weighted by Gasteiger charge is 2.30. The van der Waals surface area contributed by atoms with Crippen LogP contribution in [-0.4, -0.2) is 48.9 Å². The number of rotatable bonds is 5. The Morgan fingerprint density at radius 3 is 2.12 bits per heavy atom. The number of piperazine rings is 1. The van der Waals surface area contributed by atoms with Crippen LogP contribution in [-0.2, 0) is 10.0 Å². The van der Waals surface area contributed by atoms with Gasteiger partial charge in [-0.15, -0.1) is 0 Å². The van der Waals surface area contributed by atoms with Crippen molar-refractivity contribution in [3.8, 4) is 0 Å². The van der Waals surface area contributed by atoms with E-state index in [4.69, 9.17) is 0 Å². The Bertz CT molecular complexity index is 1210. The average molecular weight is 460 g/mol. The molecule has 1 saturated heterocycles. The molecule has 0 amide bonds. The molecule has 4 rings (SSSR count). The molecule has 0 spiro atoms. The van der Waals surface area contributed by atoms with Gasteiger partial charge in [0.25, 0.3) is 0 Å². The molecule has 1 N–H and O–H groups in total. The number of halogens is 2. The Morgan fingerprint density at radius 1 is 0.875 bits per heavy atom. The van der Waals surface area contributed by atoms with Crippen LogP contribution in [0, 0.1) is 25.5 Å². The molecule has 168 valence electrons. The summed E-state index contributed by atoms with van der Waals surface area (Å²) in [6.45, 7) is 4.89. The number of aryl methyl sites for hydroxylation is 2. The number of nitrogens with one attached hydrogen (secondary N) is 1. The molecule has 10 heteroatoms. The van der Waals surface area contributed by atoms with E-state index < -0.39 is 21.7 Å². The molecule has 7 nitrogen and oxygen atoms in total. The summed E-state index contributed by atoms with van der Waals surface area (Å²) in [6, 6.07) is 12.1. The van der Waals surface area contributed by atoms with Gasteiger partial charge < -0.3 is 10.2 Å². The van der Waals surface area contributed by atoms with Crippen molar-refractivity contribution in [1.29, 1.82) is 0 Å². The minimum Gasteiger partial charge on any atom is -0.340 e. The summed E-state index contributed by atoms with van der Waals surface area (Å²) in [4.78, 5) is 10.6. The van der Waals surface area contributed by atoms with Crippen molar-refractivity contribution in [2.45, 2.75) is 18.7 Å². The minimum atomic E-state index is -4.00. The molecule has 0 bridgehead atoms. The van der Waals surface area contributed by atoms with Gasteiger partial charge >= 0.3 is 0 Å². The molecule has 3 aromatic rings. The van der Waals surface area contributed by atoms with E-state index in [0.29, 0.717) is 30.9 Å². The Labute approximate surface area is 185 Å². The third kappa shape index (κ3) is 4.86. The van der Waals surface area contributed by atoms with Gasteiger partial charge in [-0.2, -0.15) is 9.29 Å². The first kappa shape index (κ1) is 22.1. The fourth-order valence-electron chi connectivity index (χ4n) is 3.50. The van der Waals surface area contributed by atoms with Gasteiger partial charge in [0, 0.05) is 49.7 Å². The van der Waals surface area contributed by atoms with Crippen LogP contribution in [0.1, 0.15) is 11.3 Å². The van der Waals surface area contributed by atoms with Crippen molar-refractivity contribution in [1.82, 2.24) is 14.3 Å². The molecule has 32 heavy (non-hydrogen) atoms. The van der Waals surface area contributed by atoms with E-state index in [-0.39, 0.29) is 18.0 Å². The van der Waals surface area contributed by atoms with Gasteiger partial charge in [0.05, 0.1) is 4.90 Å². The van der Waals surface area contributed by atoms with Crippen molar-refractivity contribution in [2.75, 3.05) is 36.4 Å². The lowest BCUT2D eigenvalue weighted by Gasteiger charge is -2.34. The van der Waals surface area contributed by atoms with Gasteiger partial charge in [-0.3, -0.25) is 0 Å². The molecule has 0 saturated carbocycles. The summed E-state index contributed by atoms with van der Waals surface area (Å²) in [6.07, 6.45) is 0. The summed E-state index contributed by atoms with van der Waals surface area (Å²) in [5.41, 5.74) is 2.83. The van der Waals surface area contributed by atoms with Crippen LogP contribution in [0.5, 0.6) is 0 Å². The molecule has 0 unspecified atom stereocenters. The number of aromatic nitrogens is 2. The molecule has 1 aromatic heterocycles. The van der Waals surface area contributed by atoms with Crippen molar-refractivity contribution < 1.29 is 17.2 Å². The lowest BCUT2D eigenvalue weighted by atomic mass is 10.2. The largest absolute Gasteiger partial charge is 0.340 e. The van der Waals surface area contributed by atoms with E-state index in [1.807, 2.05) is 49.1 Å². The molecule has 1 aliphatic rings. The minimum absolute atomic E-state index is 0.151. The highest BCUT2D eigenvalue weighted by molar-refractivity contribution is 7.89. The van der Waals surface area contributed by atoms with E-state index >= 15 is 0 Å². The van der Waals surface area contributed by atoms with E-state index in [1.54, 1.807) is 0 Å². The van der Waals surface area contributed by atoms with Crippen LogP contribution in [0.3, 0.4) is 0 Å². The number of hydrogen-bond donors (Lipinski definition) is 1. The second-order valence-electron chi connectivity index (χ2n) is 7.68. The van der Waals surface area contributed by atoms with Gasteiger partial charge in [-0.25, -0.2) is 22.2 Å². The van der Waals surface area contributed by atoms with Crippen LogP contribution >= 0.6 is 0 Å². The molecule has 2 aromatic carbocycles. The molecule has 0 aliphatic carbocycles. The van der Waals surface area contributed by atoms with Crippen LogP contribution in [0.15, 0.2) is 53.4 Å².